The fourth-order valence-electron chi connectivity index (χ4n) is 2.47. The molecule has 1 amide bonds. The summed E-state index contributed by atoms with van der Waals surface area (Å²) < 4.78 is 53.5. The number of nitrogens with one attached hydrogen (secondary N) is 3. The molecule has 1 heterocycles. The van der Waals surface area contributed by atoms with Crippen LogP contribution in [-0.2, 0) is 10.3 Å². The molecule has 0 saturated carbocycles. The van der Waals surface area contributed by atoms with Crippen molar-refractivity contribution >= 4 is 17.5 Å². The standard InChI is InChI=1S/C16H16ClF4N3O/c1-9-3-4-12(18)11(5-9)15(2,23-14(25)7-17)13-6-10(8-22-24-13)16(19,20)21/h3-6,8,22,24H,7H2,1-2H3,(H,23,25). The Labute approximate surface area is 146 Å². The van der Waals surface area contributed by atoms with Crippen LogP contribution in [0.3, 0.4) is 0 Å². The average molecular weight is 378 g/mol. The number of allylic oxidation sites excluding steroid dienone is 2. The smallest absolute Gasteiger partial charge is 0.340 e. The van der Waals surface area contributed by atoms with Crippen LogP contribution in [-0.4, -0.2) is 18.0 Å². The minimum absolute atomic E-state index is 0.00920. The second-order valence-electron chi connectivity index (χ2n) is 5.71. The van der Waals surface area contributed by atoms with Crippen molar-refractivity contribution in [3.05, 3.63) is 58.7 Å². The van der Waals surface area contributed by atoms with Gasteiger partial charge in [-0.25, -0.2) is 4.39 Å². The maximum Gasteiger partial charge on any atom is 0.417 e. The molecular formula is C16H16ClF4N3O. The summed E-state index contributed by atoms with van der Waals surface area (Å²) in [6.07, 6.45) is -3.06. The first-order valence-electron chi connectivity index (χ1n) is 7.22. The van der Waals surface area contributed by atoms with E-state index in [1.807, 2.05) is 0 Å². The maximum absolute atomic E-state index is 14.4. The summed E-state index contributed by atoms with van der Waals surface area (Å²) in [5.41, 5.74) is 2.87. The highest BCUT2D eigenvalue weighted by Gasteiger charge is 2.40. The third-order valence-electron chi connectivity index (χ3n) is 3.77. The van der Waals surface area contributed by atoms with E-state index in [0.717, 1.165) is 12.3 Å². The lowest BCUT2D eigenvalue weighted by Gasteiger charge is -2.36. The van der Waals surface area contributed by atoms with E-state index >= 15 is 0 Å². The van der Waals surface area contributed by atoms with Crippen LogP contribution in [0.5, 0.6) is 0 Å². The predicted molar refractivity (Wildman–Crippen MR) is 85.8 cm³/mol. The topological polar surface area (TPSA) is 53.2 Å². The number of rotatable bonds is 4. The highest BCUT2D eigenvalue weighted by atomic mass is 35.5. The van der Waals surface area contributed by atoms with Crippen molar-refractivity contribution in [2.24, 2.45) is 0 Å². The van der Waals surface area contributed by atoms with Crippen LogP contribution in [0.15, 0.2) is 41.7 Å². The first kappa shape index (κ1) is 19.1. The Morgan fingerprint density at radius 2 is 2.00 bits per heavy atom. The Bertz CT molecular complexity index is 745. The summed E-state index contributed by atoms with van der Waals surface area (Å²) in [7, 11) is 0. The number of benzene rings is 1. The van der Waals surface area contributed by atoms with Gasteiger partial charge in [0.15, 0.2) is 0 Å². The van der Waals surface area contributed by atoms with Gasteiger partial charge in [-0.05, 0) is 26.0 Å². The minimum atomic E-state index is -4.61. The first-order valence-corrected chi connectivity index (χ1v) is 7.76. The number of amides is 1. The summed E-state index contributed by atoms with van der Waals surface area (Å²) in [5, 5.41) is 2.49. The summed E-state index contributed by atoms with van der Waals surface area (Å²) in [4.78, 5) is 11.8. The van der Waals surface area contributed by atoms with Crippen molar-refractivity contribution in [2.45, 2.75) is 25.6 Å². The molecule has 0 aromatic heterocycles. The molecule has 1 aliphatic rings. The number of hydrogen-bond donors (Lipinski definition) is 3. The monoisotopic (exact) mass is 377 g/mol. The van der Waals surface area contributed by atoms with Crippen molar-refractivity contribution in [2.75, 3.05) is 5.88 Å². The SMILES string of the molecule is Cc1ccc(F)c(C(C)(NC(=O)CCl)C2=CC(C(F)(F)F)=CNN2)c1. The Hall–Kier alpha value is -2.22. The average Bonchev–Trinajstić information content (AvgIpc) is 2.56. The van der Waals surface area contributed by atoms with Gasteiger partial charge in [-0.15, -0.1) is 11.6 Å². The first-order chi connectivity index (χ1) is 11.6. The number of hydrogen-bond acceptors (Lipinski definition) is 3. The molecule has 9 heteroatoms. The van der Waals surface area contributed by atoms with Gasteiger partial charge in [-0.2, -0.15) is 13.2 Å². The summed E-state index contributed by atoms with van der Waals surface area (Å²) in [5.74, 6) is -1.75. The van der Waals surface area contributed by atoms with E-state index in [0.29, 0.717) is 5.56 Å². The van der Waals surface area contributed by atoms with Crippen LogP contribution in [0.4, 0.5) is 17.6 Å². The van der Waals surface area contributed by atoms with Gasteiger partial charge in [-0.1, -0.05) is 17.7 Å². The van der Waals surface area contributed by atoms with E-state index in [1.165, 1.54) is 25.1 Å². The molecule has 1 unspecified atom stereocenters. The van der Waals surface area contributed by atoms with Crippen LogP contribution in [0, 0.1) is 12.7 Å². The van der Waals surface area contributed by atoms with E-state index in [1.54, 1.807) is 6.92 Å². The normalized spacial score (nSPS) is 16.8. The van der Waals surface area contributed by atoms with E-state index in [-0.39, 0.29) is 11.3 Å². The molecule has 1 aliphatic heterocycles. The predicted octanol–water partition coefficient (Wildman–Crippen LogP) is 3.14. The third kappa shape index (κ3) is 4.07. The highest BCUT2D eigenvalue weighted by Crippen LogP contribution is 2.35. The number of hydrazine groups is 1. The molecule has 0 aliphatic carbocycles. The van der Waals surface area contributed by atoms with Gasteiger partial charge < -0.3 is 16.2 Å². The van der Waals surface area contributed by atoms with Gasteiger partial charge in [0, 0.05) is 11.8 Å². The lowest BCUT2D eigenvalue weighted by atomic mass is 9.85. The molecule has 0 radical (unpaired) electrons. The molecule has 4 nitrogen and oxygen atoms in total. The van der Waals surface area contributed by atoms with Crippen molar-refractivity contribution in [3.8, 4) is 0 Å². The zero-order valence-corrected chi connectivity index (χ0v) is 14.1. The number of aryl methyl sites for hydroxylation is 1. The molecule has 25 heavy (non-hydrogen) atoms. The number of carbonyl (C=O) groups is 1. The molecule has 136 valence electrons. The second-order valence-corrected chi connectivity index (χ2v) is 5.98. The molecular weight excluding hydrogens is 362 g/mol. The largest absolute Gasteiger partial charge is 0.417 e. The lowest BCUT2D eigenvalue weighted by Crippen LogP contribution is -2.52. The quantitative estimate of drug-likeness (QED) is 0.558. The van der Waals surface area contributed by atoms with Crippen molar-refractivity contribution < 1.29 is 22.4 Å². The molecule has 1 atom stereocenters. The summed E-state index contributed by atoms with van der Waals surface area (Å²) in [6, 6.07) is 4.16. The van der Waals surface area contributed by atoms with Crippen LogP contribution in [0.1, 0.15) is 18.1 Å². The van der Waals surface area contributed by atoms with Gasteiger partial charge in [-0.3, -0.25) is 4.79 Å². The van der Waals surface area contributed by atoms with Gasteiger partial charge >= 0.3 is 6.18 Å². The Balaban J connectivity index is 2.60. The van der Waals surface area contributed by atoms with Crippen LogP contribution < -0.4 is 16.2 Å². The fraction of sp³-hybridized carbons (Fsp3) is 0.312. The van der Waals surface area contributed by atoms with E-state index in [4.69, 9.17) is 11.6 Å². The summed E-state index contributed by atoms with van der Waals surface area (Å²) >= 11 is 5.50. The molecule has 1 aromatic rings. The minimum Gasteiger partial charge on any atom is -0.340 e. The third-order valence-corrected chi connectivity index (χ3v) is 4.01. The molecule has 0 spiro atoms. The van der Waals surface area contributed by atoms with Crippen LogP contribution in [0.2, 0.25) is 0 Å². The molecule has 3 N–H and O–H groups in total. The van der Waals surface area contributed by atoms with Crippen molar-refractivity contribution in [3.63, 3.8) is 0 Å². The molecule has 2 rings (SSSR count). The number of alkyl halides is 4. The Morgan fingerprint density at radius 3 is 2.60 bits per heavy atom. The Morgan fingerprint density at radius 1 is 1.32 bits per heavy atom. The van der Waals surface area contributed by atoms with E-state index < -0.39 is 34.9 Å². The van der Waals surface area contributed by atoms with Gasteiger partial charge in [0.2, 0.25) is 5.91 Å². The maximum atomic E-state index is 14.4. The molecule has 0 saturated heterocycles. The zero-order valence-electron chi connectivity index (χ0n) is 13.4. The fourth-order valence-corrected chi connectivity index (χ4v) is 2.54. The van der Waals surface area contributed by atoms with E-state index in [9.17, 15) is 22.4 Å². The van der Waals surface area contributed by atoms with Gasteiger partial charge in [0.05, 0.1) is 11.3 Å². The van der Waals surface area contributed by atoms with Crippen molar-refractivity contribution in [1.29, 1.82) is 0 Å². The summed E-state index contributed by atoms with van der Waals surface area (Å²) in [6.45, 7) is 3.10. The Kier molecular flexibility index (Phi) is 5.31. The van der Waals surface area contributed by atoms with Gasteiger partial charge in [0.1, 0.15) is 17.2 Å². The highest BCUT2D eigenvalue weighted by molar-refractivity contribution is 6.27. The second kappa shape index (κ2) is 6.95. The molecule has 1 aromatic carbocycles. The molecule has 0 fully saturated rings. The lowest BCUT2D eigenvalue weighted by molar-refractivity contribution is -0.120. The number of halogens is 5. The van der Waals surface area contributed by atoms with Gasteiger partial charge in [0.25, 0.3) is 0 Å². The molecule has 0 bridgehead atoms. The zero-order chi connectivity index (χ0) is 18.8. The number of carbonyl (C=O) groups excluding carboxylic acids is 1. The van der Waals surface area contributed by atoms with Crippen LogP contribution in [0.25, 0.3) is 0 Å². The van der Waals surface area contributed by atoms with E-state index in [2.05, 4.69) is 16.2 Å². The van der Waals surface area contributed by atoms with Crippen molar-refractivity contribution in [1.82, 2.24) is 16.2 Å². The van der Waals surface area contributed by atoms with Crippen LogP contribution >= 0.6 is 11.6 Å².